The van der Waals surface area contributed by atoms with E-state index in [2.05, 4.69) is 0 Å². The first kappa shape index (κ1) is 17.6. The molecule has 0 N–H and O–H groups in total. The molecular weight excluding hydrogens is 276 g/mol. The van der Waals surface area contributed by atoms with Gasteiger partial charge in [0.1, 0.15) is 24.5 Å². The van der Waals surface area contributed by atoms with Crippen LogP contribution in [0.2, 0.25) is 0 Å². The predicted molar refractivity (Wildman–Crippen MR) is 73.2 cm³/mol. The monoisotopic (exact) mass is 296 g/mol. The summed E-state index contributed by atoms with van der Waals surface area (Å²) in [7, 11) is 7.15. The van der Waals surface area contributed by atoms with Crippen LogP contribution in [0, 0.1) is 0 Å². The quantitative estimate of drug-likeness (QED) is 0.363. The van der Waals surface area contributed by atoms with Crippen LogP contribution in [0.15, 0.2) is 0 Å². The Morgan fingerprint density at radius 3 is 1.44 bits per heavy atom. The lowest BCUT2D eigenvalue weighted by molar-refractivity contribution is -0.135. The van der Waals surface area contributed by atoms with E-state index in [-0.39, 0.29) is 11.9 Å². The fraction of sp³-hybridized carbons (Fsp3) is 0.800. The van der Waals surface area contributed by atoms with Crippen LogP contribution in [-0.4, -0.2) is 48.7 Å². The average molecular weight is 296 g/mol. The highest BCUT2D eigenvalue weighted by molar-refractivity contribution is 7.92. The molecule has 0 aromatic carbocycles. The molecule has 0 saturated heterocycles. The van der Waals surface area contributed by atoms with Gasteiger partial charge in [0.2, 0.25) is 0 Å². The van der Waals surface area contributed by atoms with Gasteiger partial charge in [-0.1, -0.05) is 0 Å². The number of unbranched alkanes of at least 4 members (excludes halogenated alkanes) is 1. The molecule has 0 atom stereocenters. The van der Waals surface area contributed by atoms with Crippen molar-refractivity contribution in [1.29, 1.82) is 0 Å². The van der Waals surface area contributed by atoms with E-state index in [1.54, 1.807) is 36.8 Å². The lowest BCUT2D eigenvalue weighted by atomic mass is 10.2. The van der Waals surface area contributed by atoms with Gasteiger partial charge in [-0.15, -0.1) is 0 Å². The SMILES string of the molecule is CN(C)SOC(=O)CCCCC(=O)OSN(C)C. The van der Waals surface area contributed by atoms with Crippen LogP contribution in [0.25, 0.3) is 0 Å². The van der Waals surface area contributed by atoms with Gasteiger partial charge in [0.25, 0.3) is 0 Å². The van der Waals surface area contributed by atoms with Gasteiger partial charge in [-0.05, 0) is 12.8 Å². The Hall–Kier alpha value is -0.440. The highest BCUT2D eigenvalue weighted by Gasteiger charge is 2.08. The molecule has 0 heterocycles. The summed E-state index contributed by atoms with van der Waals surface area (Å²) in [5.41, 5.74) is 0. The standard InChI is InChI=1S/C10H20N2O4S2/c1-11(2)17-15-9(13)7-5-6-8-10(14)16-18-12(3)4/h5-8H2,1-4H3. The molecule has 0 amide bonds. The molecule has 18 heavy (non-hydrogen) atoms. The minimum Gasteiger partial charge on any atom is -0.374 e. The zero-order chi connectivity index (χ0) is 14.0. The molecule has 0 aromatic heterocycles. The molecule has 0 aromatic rings. The molecule has 8 heteroatoms. The first-order valence-corrected chi connectivity index (χ1v) is 6.91. The Kier molecular flexibility index (Phi) is 10.2. The minimum atomic E-state index is -0.273. The third-order valence-electron chi connectivity index (χ3n) is 1.57. The smallest absolute Gasteiger partial charge is 0.319 e. The Morgan fingerprint density at radius 2 is 1.17 bits per heavy atom. The zero-order valence-corrected chi connectivity index (χ0v) is 12.8. The van der Waals surface area contributed by atoms with Crippen molar-refractivity contribution in [3.05, 3.63) is 0 Å². The molecule has 0 aliphatic carbocycles. The topological polar surface area (TPSA) is 59.1 Å². The van der Waals surface area contributed by atoms with Crippen LogP contribution < -0.4 is 0 Å². The number of carbonyl (C=O) groups excluding carboxylic acids is 2. The summed E-state index contributed by atoms with van der Waals surface area (Å²) in [5.74, 6) is -0.547. The van der Waals surface area contributed by atoms with E-state index < -0.39 is 0 Å². The molecule has 0 spiro atoms. The van der Waals surface area contributed by atoms with E-state index in [9.17, 15) is 9.59 Å². The van der Waals surface area contributed by atoms with Crippen molar-refractivity contribution < 1.29 is 18.0 Å². The number of hydrogen-bond acceptors (Lipinski definition) is 8. The molecule has 0 aliphatic heterocycles. The molecule has 0 fully saturated rings. The molecule has 0 saturated carbocycles. The first-order chi connectivity index (χ1) is 8.41. The van der Waals surface area contributed by atoms with Gasteiger partial charge in [0, 0.05) is 41.0 Å². The van der Waals surface area contributed by atoms with E-state index in [1.165, 1.54) is 0 Å². The molecule has 0 unspecified atom stereocenters. The van der Waals surface area contributed by atoms with Gasteiger partial charge >= 0.3 is 11.9 Å². The highest BCUT2D eigenvalue weighted by Crippen LogP contribution is 2.11. The second kappa shape index (κ2) is 10.5. The summed E-state index contributed by atoms with van der Waals surface area (Å²) in [6, 6.07) is 0. The van der Waals surface area contributed by atoms with Crippen LogP contribution in [0.3, 0.4) is 0 Å². The van der Waals surface area contributed by atoms with E-state index >= 15 is 0 Å². The summed E-state index contributed by atoms with van der Waals surface area (Å²) in [6.07, 6.45) is 1.87. The summed E-state index contributed by atoms with van der Waals surface area (Å²) < 4.78 is 13.1. The molecule has 0 radical (unpaired) electrons. The lowest BCUT2D eigenvalue weighted by Crippen LogP contribution is -2.07. The molecule has 0 aliphatic rings. The van der Waals surface area contributed by atoms with Crippen molar-refractivity contribution in [3.63, 3.8) is 0 Å². The van der Waals surface area contributed by atoms with Crippen LogP contribution in [0.1, 0.15) is 25.7 Å². The van der Waals surface area contributed by atoms with Crippen molar-refractivity contribution in [3.8, 4) is 0 Å². The van der Waals surface area contributed by atoms with Crippen molar-refractivity contribution in [2.75, 3.05) is 28.2 Å². The maximum atomic E-state index is 11.2. The number of carbonyl (C=O) groups is 2. The molecule has 0 bridgehead atoms. The van der Waals surface area contributed by atoms with Crippen molar-refractivity contribution >= 4 is 36.4 Å². The van der Waals surface area contributed by atoms with Crippen LogP contribution in [0.4, 0.5) is 0 Å². The third-order valence-corrected chi connectivity index (χ3v) is 2.69. The van der Waals surface area contributed by atoms with Gasteiger partial charge in [0.05, 0.1) is 0 Å². The summed E-state index contributed by atoms with van der Waals surface area (Å²) in [5, 5.41) is 0. The summed E-state index contributed by atoms with van der Waals surface area (Å²) in [6.45, 7) is 0. The van der Waals surface area contributed by atoms with Crippen LogP contribution in [0.5, 0.6) is 0 Å². The van der Waals surface area contributed by atoms with Gasteiger partial charge in [-0.3, -0.25) is 9.59 Å². The first-order valence-electron chi connectivity index (χ1n) is 5.51. The van der Waals surface area contributed by atoms with Crippen molar-refractivity contribution in [1.82, 2.24) is 8.61 Å². The average Bonchev–Trinajstić information content (AvgIpc) is 2.29. The van der Waals surface area contributed by atoms with Gasteiger partial charge in [-0.25, -0.2) is 8.61 Å². The largest absolute Gasteiger partial charge is 0.374 e. The Balaban J connectivity index is 3.44. The Bertz CT molecular complexity index is 236. The molecule has 106 valence electrons. The van der Waals surface area contributed by atoms with Crippen molar-refractivity contribution in [2.24, 2.45) is 0 Å². The molecule has 0 rings (SSSR count). The fourth-order valence-corrected chi connectivity index (χ4v) is 1.49. The molecular formula is C10H20N2O4S2. The van der Waals surface area contributed by atoms with E-state index in [0.29, 0.717) is 25.7 Å². The lowest BCUT2D eigenvalue weighted by Gasteiger charge is -2.08. The fourth-order valence-electron chi connectivity index (χ4n) is 0.854. The second-order valence-electron chi connectivity index (χ2n) is 3.89. The second-order valence-corrected chi connectivity index (χ2v) is 5.98. The minimum absolute atomic E-state index is 0.273. The van der Waals surface area contributed by atoms with Gasteiger partial charge < -0.3 is 8.37 Å². The number of hydrogen-bond donors (Lipinski definition) is 0. The maximum Gasteiger partial charge on any atom is 0.319 e. The van der Waals surface area contributed by atoms with E-state index in [4.69, 9.17) is 8.37 Å². The zero-order valence-electron chi connectivity index (χ0n) is 11.2. The Morgan fingerprint density at radius 1 is 0.833 bits per heavy atom. The van der Waals surface area contributed by atoms with Gasteiger partial charge in [-0.2, -0.15) is 0 Å². The van der Waals surface area contributed by atoms with Crippen molar-refractivity contribution in [2.45, 2.75) is 25.7 Å². The normalized spacial score (nSPS) is 10.8. The summed E-state index contributed by atoms with van der Waals surface area (Å²) >= 11 is 2.00. The summed E-state index contributed by atoms with van der Waals surface area (Å²) in [4.78, 5) is 22.4. The Labute approximate surface area is 117 Å². The predicted octanol–water partition coefficient (Wildman–Crippen LogP) is 1.88. The van der Waals surface area contributed by atoms with Gasteiger partial charge in [0.15, 0.2) is 0 Å². The maximum absolute atomic E-state index is 11.2. The van der Waals surface area contributed by atoms with Crippen LogP contribution >= 0.6 is 24.5 Å². The molecule has 6 nitrogen and oxygen atoms in total. The number of nitrogens with zero attached hydrogens (tertiary/aromatic N) is 2. The number of rotatable bonds is 9. The third kappa shape index (κ3) is 12.0. The highest BCUT2D eigenvalue weighted by atomic mass is 32.2. The van der Waals surface area contributed by atoms with Crippen LogP contribution in [-0.2, 0) is 18.0 Å². The van der Waals surface area contributed by atoms with E-state index in [1.807, 2.05) is 0 Å². The van der Waals surface area contributed by atoms with E-state index in [0.717, 1.165) is 24.5 Å².